The van der Waals surface area contributed by atoms with Gasteiger partial charge in [-0.25, -0.2) is 0 Å². The van der Waals surface area contributed by atoms with E-state index >= 15 is 0 Å². The molecule has 1 heterocycles. The number of rotatable bonds is 1. The first-order valence-corrected chi connectivity index (χ1v) is 4.82. The van der Waals surface area contributed by atoms with Crippen LogP contribution in [0.4, 0.5) is 13.2 Å². The smallest absolute Gasteiger partial charge is 0.419 e. The minimum absolute atomic E-state index is 0.00614. The summed E-state index contributed by atoms with van der Waals surface area (Å²) in [5, 5.41) is 17.7. The Balaban J connectivity index is 2.51. The van der Waals surface area contributed by atoms with Crippen LogP contribution < -0.4 is 0 Å². The van der Waals surface area contributed by atoms with Gasteiger partial charge in [0.1, 0.15) is 17.6 Å². The second-order valence-corrected chi connectivity index (χ2v) is 3.51. The highest BCUT2D eigenvalue weighted by atomic mass is 19.4. The Kier molecular flexibility index (Phi) is 2.75. The van der Waals surface area contributed by atoms with Gasteiger partial charge in [0.2, 0.25) is 5.76 Å². The summed E-state index contributed by atoms with van der Waals surface area (Å²) in [4.78, 5) is 0. The van der Waals surface area contributed by atoms with Crippen LogP contribution in [-0.2, 0) is 6.18 Å². The van der Waals surface area contributed by atoms with Crippen molar-refractivity contribution < 1.29 is 22.7 Å². The van der Waals surface area contributed by atoms with Gasteiger partial charge in [0.15, 0.2) is 0 Å². The number of nitriles is 1. The highest BCUT2D eigenvalue weighted by molar-refractivity contribution is 5.61. The Labute approximate surface area is 99.7 Å². The topological polar surface area (TPSA) is 57.2 Å². The minimum Gasteiger partial charge on any atom is -0.507 e. The average molecular weight is 253 g/mol. The van der Waals surface area contributed by atoms with Crippen molar-refractivity contribution >= 4 is 0 Å². The number of benzene rings is 1. The van der Waals surface area contributed by atoms with E-state index in [9.17, 15) is 13.2 Å². The van der Waals surface area contributed by atoms with Gasteiger partial charge >= 0.3 is 6.18 Å². The SMILES string of the molecule is N#Cc1ccc(-c2ccc(O)c(C(F)(F)F)c2)o1. The molecule has 18 heavy (non-hydrogen) atoms. The third-order valence-electron chi connectivity index (χ3n) is 2.30. The Morgan fingerprint density at radius 2 is 1.89 bits per heavy atom. The monoisotopic (exact) mass is 253 g/mol. The van der Waals surface area contributed by atoms with E-state index in [2.05, 4.69) is 0 Å². The van der Waals surface area contributed by atoms with E-state index in [-0.39, 0.29) is 17.1 Å². The lowest BCUT2D eigenvalue weighted by Crippen LogP contribution is -2.05. The van der Waals surface area contributed by atoms with Crippen molar-refractivity contribution in [1.29, 1.82) is 5.26 Å². The molecule has 0 aliphatic heterocycles. The lowest BCUT2D eigenvalue weighted by Gasteiger charge is -2.09. The molecule has 0 atom stereocenters. The average Bonchev–Trinajstić information content (AvgIpc) is 2.76. The molecule has 92 valence electrons. The van der Waals surface area contributed by atoms with Crippen molar-refractivity contribution in [2.75, 3.05) is 0 Å². The van der Waals surface area contributed by atoms with E-state index in [0.717, 1.165) is 12.1 Å². The molecule has 3 nitrogen and oxygen atoms in total. The minimum atomic E-state index is -4.65. The van der Waals surface area contributed by atoms with E-state index in [4.69, 9.17) is 14.8 Å². The molecule has 0 saturated heterocycles. The van der Waals surface area contributed by atoms with Gasteiger partial charge in [0.05, 0.1) is 5.56 Å². The Hall–Kier alpha value is -2.42. The quantitative estimate of drug-likeness (QED) is 0.845. The molecule has 1 N–H and O–H groups in total. The summed E-state index contributed by atoms with van der Waals surface area (Å²) < 4.78 is 42.7. The largest absolute Gasteiger partial charge is 0.507 e. The Morgan fingerprint density at radius 3 is 2.44 bits per heavy atom. The first-order chi connectivity index (χ1) is 8.41. The highest BCUT2D eigenvalue weighted by Gasteiger charge is 2.34. The molecule has 0 aliphatic carbocycles. The molecule has 2 rings (SSSR count). The maximum Gasteiger partial charge on any atom is 0.419 e. The molecule has 0 aliphatic rings. The summed E-state index contributed by atoms with van der Waals surface area (Å²) in [7, 11) is 0. The van der Waals surface area contributed by atoms with Crippen LogP contribution in [0.5, 0.6) is 5.75 Å². The molecular weight excluding hydrogens is 247 g/mol. The van der Waals surface area contributed by atoms with Crippen molar-refractivity contribution in [1.82, 2.24) is 0 Å². The van der Waals surface area contributed by atoms with Gasteiger partial charge in [-0.1, -0.05) is 0 Å². The van der Waals surface area contributed by atoms with Crippen LogP contribution in [0.2, 0.25) is 0 Å². The number of phenols is 1. The Bertz CT molecular complexity index is 623. The Morgan fingerprint density at radius 1 is 1.17 bits per heavy atom. The highest BCUT2D eigenvalue weighted by Crippen LogP contribution is 2.38. The lowest BCUT2D eigenvalue weighted by molar-refractivity contribution is -0.138. The molecule has 0 unspecified atom stereocenters. The van der Waals surface area contributed by atoms with Crippen LogP contribution in [0.1, 0.15) is 11.3 Å². The van der Waals surface area contributed by atoms with Crippen LogP contribution in [0.25, 0.3) is 11.3 Å². The van der Waals surface area contributed by atoms with E-state index in [1.807, 2.05) is 0 Å². The summed E-state index contributed by atoms with van der Waals surface area (Å²) in [5.41, 5.74) is -1.00. The zero-order chi connectivity index (χ0) is 13.3. The van der Waals surface area contributed by atoms with Gasteiger partial charge in [-0.05, 0) is 30.3 Å². The van der Waals surface area contributed by atoms with E-state index in [0.29, 0.717) is 0 Å². The molecule has 2 aromatic rings. The number of hydrogen-bond donors (Lipinski definition) is 1. The molecule has 0 saturated carbocycles. The van der Waals surface area contributed by atoms with Gasteiger partial charge in [0, 0.05) is 5.56 Å². The van der Waals surface area contributed by atoms with Crippen LogP contribution in [0, 0.1) is 11.3 Å². The zero-order valence-corrected chi connectivity index (χ0v) is 8.82. The number of furan rings is 1. The van der Waals surface area contributed by atoms with Crippen LogP contribution in [0.3, 0.4) is 0 Å². The van der Waals surface area contributed by atoms with Gasteiger partial charge in [-0.2, -0.15) is 18.4 Å². The third-order valence-corrected chi connectivity index (χ3v) is 2.30. The number of halogens is 3. The predicted octanol–water partition coefficient (Wildman–Crippen LogP) is 3.54. The van der Waals surface area contributed by atoms with Crippen molar-refractivity contribution in [2.45, 2.75) is 6.18 Å². The molecule has 0 amide bonds. The fourth-order valence-corrected chi connectivity index (χ4v) is 1.47. The van der Waals surface area contributed by atoms with E-state index in [1.165, 1.54) is 18.2 Å². The third kappa shape index (κ3) is 2.15. The number of alkyl halides is 3. The molecule has 0 spiro atoms. The number of aromatic hydroxyl groups is 1. The summed E-state index contributed by atoms with van der Waals surface area (Å²) >= 11 is 0. The second kappa shape index (κ2) is 4.11. The zero-order valence-electron chi connectivity index (χ0n) is 8.82. The lowest BCUT2D eigenvalue weighted by atomic mass is 10.1. The van der Waals surface area contributed by atoms with Crippen molar-refractivity contribution in [3.63, 3.8) is 0 Å². The standard InChI is InChI=1S/C12H6F3NO2/c13-12(14,15)9-5-7(1-3-10(9)17)11-4-2-8(6-16)18-11/h1-5,17H. The van der Waals surface area contributed by atoms with Crippen LogP contribution in [0.15, 0.2) is 34.7 Å². The summed E-state index contributed by atoms with van der Waals surface area (Å²) in [6, 6.07) is 7.48. The molecule has 1 aromatic carbocycles. The maximum absolute atomic E-state index is 12.6. The fourth-order valence-electron chi connectivity index (χ4n) is 1.47. The van der Waals surface area contributed by atoms with Crippen LogP contribution in [-0.4, -0.2) is 5.11 Å². The fraction of sp³-hybridized carbons (Fsp3) is 0.0833. The van der Waals surface area contributed by atoms with E-state index in [1.54, 1.807) is 6.07 Å². The van der Waals surface area contributed by atoms with Crippen molar-refractivity contribution in [3.05, 3.63) is 41.7 Å². The first kappa shape index (κ1) is 12.0. The van der Waals surface area contributed by atoms with Crippen LogP contribution >= 0.6 is 0 Å². The molecule has 1 aromatic heterocycles. The van der Waals surface area contributed by atoms with E-state index < -0.39 is 17.5 Å². The molecular formula is C12H6F3NO2. The number of phenolic OH excluding ortho intramolecular Hbond substituents is 1. The summed E-state index contributed by atoms with van der Waals surface area (Å²) in [6.45, 7) is 0. The molecule has 0 bridgehead atoms. The predicted molar refractivity (Wildman–Crippen MR) is 55.5 cm³/mol. The van der Waals surface area contributed by atoms with Gasteiger partial charge in [0.25, 0.3) is 0 Å². The normalized spacial score (nSPS) is 11.2. The summed E-state index contributed by atoms with van der Waals surface area (Å²) in [6.07, 6.45) is -4.65. The second-order valence-electron chi connectivity index (χ2n) is 3.51. The van der Waals surface area contributed by atoms with Gasteiger partial charge in [-0.3, -0.25) is 0 Å². The molecule has 0 radical (unpaired) electrons. The molecule has 0 fully saturated rings. The van der Waals surface area contributed by atoms with Crippen molar-refractivity contribution in [3.8, 4) is 23.1 Å². The number of hydrogen-bond acceptors (Lipinski definition) is 3. The first-order valence-electron chi connectivity index (χ1n) is 4.82. The van der Waals surface area contributed by atoms with Gasteiger partial charge < -0.3 is 9.52 Å². The number of nitrogens with zero attached hydrogens (tertiary/aromatic N) is 1. The maximum atomic E-state index is 12.6. The summed E-state index contributed by atoms with van der Waals surface area (Å²) in [5.74, 6) is -0.706. The van der Waals surface area contributed by atoms with Gasteiger partial charge in [-0.15, -0.1) is 0 Å². The van der Waals surface area contributed by atoms with Crippen molar-refractivity contribution in [2.24, 2.45) is 0 Å². The molecule has 6 heteroatoms.